The standard InChI is InChI=1S/C20H44N2/c1-2-3-4-5-6-7-8-9-10-11-12-13-14-15-16-17-18-19-20(21)22/h20H,2-19,21-22H2,1H3. The van der Waals surface area contributed by atoms with Crippen molar-refractivity contribution in [1.82, 2.24) is 0 Å². The molecule has 0 rings (SSSR count). The topological polar surface area (TPSA) is 52.0 Å². The fraction of sp³-hybridized carbons (Fsp3) is 1.00. The van der Waals surface area contributed by atoms with Crippen LogP contribution in [0.2, 0.25) is 0 Å². The molecular weight excluding hydrogens is 268 g/mol. The predicted molar refractivity (Wildman–Crippen MR) is 101 cm³/mol. The van der Waals surface area contributed by atoms with Gasteiger partial charge >= 0.3 is 0 Å². The van der Waals surface area contributed by atoms with Gasteiger partial charge in [-0.05, 0) is 6.42 Å². The molecule has 0 heterocycles. The quantitative estimate of drug-likeness (QED) is 0.231. The normalized spacial score (nSPS) is 11.5. The molecule has 0 bridgehead atoms. The zero-order chi connectivity index (χ0) is 16.3. The van der Waals surface area contributed by atoms with Crippen molar-refractivity contribution >= 4 is 0 Å². The minimum atomic E-state index is -0.101. The molecule has 0 unspecified atom stereocenters. The lowest BCUT2D eigenvalue weighted by molar-refractivity contribution is 0.516. The lowest BCUT2D eigenvalue weighted by Crippen LogP contribution is -2.29. The van der Waals surface area contributed by atoms with Crippen molar-refractivity contribution in [2.24, 2.45) is 11.5 Å². The highest BCUT2D eigenvalue weighted by atomic mass is 14.8. The van der Waals surface area contributed by atoms with E-state index in [0.717, 1.165) is 6.42 Å². The summed E-state index contributed by atoms with van der Waals surface area (Å²) in [4.78, 5) is 0. The fourth-order valence-electron chi connectivity index (χ4n) is 3.10. The van der Waals surface area contributed by atoms with Gasteiger partial charge in [0.25, 0.3) is 0 Å². The third-order valence-corrected chi connectivity index (χ3v) is 4.64. The molecule has 0 aromatic rings. The Morgan fingerprint density at radius 1 is 0.455 bits per heavy atom. The number of rotatable bonds is 18. The van der Waals surface area contributed by atoms with Gasteiger partial charge in [0.1, 0.15) is 0 Å². The summed E-state index contributed by atoms with van der Waals surface area (Å²) in [5.41, 5.74) is 11.1. The first-order valence-electron chi connectivity index (χ1n) is 10.3. The first kappa shape index (κ1) is 21.9. The van der Waals surface area contributed by atoms with Crippen molar-refractivity contribution in [1.29, 1.82) is 0 Å². The van der Waals surface area contributed by atoms with Crippen molar-refractivity contribution < 1.29 is 0 Å². The number of hydrogen-bond acceptors (Lipinski definition) is 2. The molecule has 2 heteroatoms. The van der Waals surface area contributed by atoms with E-state index in [1.54, 1.807) is 0 Å². The van der Waals surface area contributed by atoms with E-state index in [1.165, 1.54) is 109 Å². The van der Waals surface area contributed by atoms with E-state index in [2.05, 4.69) is 6.92 Å². The smallest absolute Gasteiger partial charge is 0.0520 e. The first-order chi connectivity index (χ1) is 10.8. The van der Waals surface area contributed by atoms with Crippen molar-refractivity contribution in [2.75, 3.05) is 0 Å². The molecule has 134 valence electrons. The van der Waals surface area contributed by atoms with Gasteiger partial charge in [0, 0.05) is 0 Å². The summed E-state index contributed by atoms with van der Waals surface area (Å²) in [5.74, 6) is 0. The van der Waals surface area contributed by atoms with Gasteiger partial charge < -0.3 is 11.5 Å². The zero-order valence-corrected chi connectivity index (χ0v) is 15.5. The second kappa shape index (κ2) is 19.0. The maximum atomic E-state index is 5.54. The molecule has 0 atom stereocenters. The van der Waals surface area contributed by atoms with Crippen LogP contribution in [0.15, 0.2) is 0 Å². The minimum absolute atomic E-state index is 0.101. The molecule has 0 fully saturated rings. The van der Waals surface area contributed by atoms with Gasteiger partial charge in [-0.1, -0.05) is 116 Å². The molecule has 0 spiro atoms. The largest absolute Gasteiger partial charge is 0.316 e. The van der Waals surface area contributed by atoms with Crippen molar-refractivity contribution in [3.05, 3.63) is 0 Å². The minimum Gasteiger partial charge on any atom is -0.316 e. The van der Waals surface area contributed by atoms with Gasteiger partial charge in [-0.15, -0.1) is 0 Å². The first-order valence-corrected chi connectivity index (χ1v) is 10.3. The van der Waals surface area contributed by atoms with Gasteiger partial charge in [0.15, 0.2) is 0 Å². The van der Waals surface area contributed by atoms with Gasteiger partial charge in [-0.3, -0.25) is 0 Å². The van der Waals surface area contributed by atoms with Gasteiger partial charge in [-0.2, -0.15) is 0 Å². The number of unbranched alkanes of at least 4 members (excludes halogenated alkanes) is 16. The Hall–Kier alpha value is -0.0800. The third-order valence-electron chi connectivity index (χ3n) is 4.64. The maximum Gasteiger partial charge on any atom is 0.0520 e. The van der Waals surface area contributed by atoms with E-state index in [-0.39, 0.29) is 6.17 Å². The second-order valence-corrected chi connectivity index (χ2v) is 7.11. The Morgan fingerprint density at radius 2 is 0.727 bits per heavy atom. The summed E-state index contributed by atoms with van der Waals surface area (Å²) < 4.78 is 0. The van der Waals surface area contributed by atoms with Crippen LogP contribution in [0.3, 0.4) is 0 Å². The Morgan fingerprint density at radius 3 is 1.00 bits per heavy atom. The van der Waals surface area contributed by atoms with Crippen LogP contribution in [0.4, 0.5) is 0 Å². The highest BCUT2D eigenvalue weighted by Crippen LogP contribution is 2.14. The average molecular weight is 313 g/mol. The monoisotopic (exact) mass is 312 g/mol. The SMILES string of the molecule is CCCCCCCCCCCCCCCCCCCC(N)N. The summed E-state index contributed by atoms with van der Waals surface area (Å²) >= 11 is 0. The van der Waals surface area contributed by atoms with Crippen LogP contribution in [0.25, 0.3) is 0 Å². The molecule has 0 aliphatic heterocycles. The molecule has 0 amide bonds. The van der Waals surface area contributed by atoms with E-state index in [4.69, 9.17) is 11.5 Å². The molecule has 0 saturated carbocycles. The molecule has 0 aromatic carbocycles. The zero-order valence-electron chi connectivity index (χ0n) is 15.5. The summed E-state index contributed by atoms with van der Waals surface area (Å²) in [6.45, 7) is 2.29. The molecule has 2 nitrogen and oxygen atoms in total. The Kier molecular flexibility index (Phi) is 18.9. The second-order valence-electron chi connectivity index (χ2n) is 7.11. The van der Waals surface area contributed by atoms with Gasteiger partial charge in [0.05, 0.1) is 6.17 Å². The molecule has 22 heavy (non-hydrogen) atoms. The summed E-state index contributed by atoms with van der Waals surface area (Å²) in [6, 6.07) is 0. The van der Waals surface area contributed by atoms with Crippen LogP contribution >= 0.6 is 0 Å². The molecular formula is C20H44N2. The number of hydrogen-bond donors (Lipinski definition) is 2. The van der Waals surface area contributed by atoms with Crippen LogP contribution in [0.5, 0.6) is 0 Å². The Balaban J connectivity index is 2.94. The van der Waals surface area contributed by atoms with Crippen LogP contribution < -0.4 is 11.5 Å². The molecule has 0 aromatic heterocycles. The summed E-state index contributed by atoms with van der Waals surface area (Å²) in [7, 11) is 0. The Bertz CT molecular complexity index is 192. The molecule has 0 radical (unpaired) electrons. The lowest BCUT2D eigenvalue weighted by Gasteiger charge is -2.05. The van der Waals surface area contributed by atoms with Crippen LogP contribution in [-0.2, 0) is 0 Å². The van der Waals surface area contributed by atoms with Crippen LogP contribution in [0.1, 0.15) is 122 Å². The van der Waals surface area contributed by atoms with Crippen molar-refractivity contribution in [3.8, 4) is 0 Å². The van der Waals surface area contributed by atoms with Crippen LogP contribution in [0, 0.1) is 0 Å². The summed E-state index contributed by atoms with van der Waals surface area (Å²) in [6.07, 6.45) is 25.0. The van der Waals surface area contributed by atoms with E-state index < -0.39 is 0 Å². The lowest BCUT2D eigenvalue weighted by atomic mass is 10.0. The third kappa shape index (κ3) is 19.9. The summed E-state index contributed by atoms with van der Waals surface area (Å²) in [5, 5.41) is 0. The average Bonchev–Trinajstić information content (AvgIpc) is 2.50. The molecule has 0 aliphatic carbocycles. The van der Waals surface area contributed by atoms with E-state index in [0.29, 0.717) is 0 Å². The van der Waals surface area contributed by atoms with Crippen molar-refractivity contribution in [2.45, 2.75) is 129 Å². The fourth-order valence-corrected chi connectivity index (χ4v) is 3.10. The molecule has 0 aliphatic rings. The maximum absolute atomic E-state index is 5.54. The van der Waals surface area contributed by atoms with Crippen molar-refractivity contribution in [3.63, 3.8) is 0 Å². The van der Waals surface area contributed by atoms with E-state index in [1.807, 2.05) is 0 Å². The van der Waals surface area contributed by atoms with Gasteiger partial charge in [-0.25, -0.2) is 0 Å². The van der Waals surface area contributed by atoms with Crippen LogP contribution in [-0.4, -0.2) is 6.17 Å². The molecule has 4 N–H and O–H groups in total. The molecule has 0 saturated heterocycles. The highest BCUT2D eigenvalue weighted by Gasteiger charge is 1.96. The Labute approximate surface area is 140 Å². The van der Waals surface area contributed by atoms with E-state index in [9.17, 15) is 0 Å². The number of nitrogens with two attached hydrogens (primary N) is 2. The predicted octanol–water partition coefficient (Wildman–Crippen LogP) is 6.27. The highest BCUT2D eigenvalue weighted by molar-refractivity contribution is 4.53. The van der Waals surface area contributed by atoms with Gasteiger partial charge in [0.2, 0.25) is 0 Å². The van der Waals surface area contributed by atoms with E-state index >= 15 is 0 Å².